The van der Waals surface area contributed by atoms with Crippen molar-refractivity contribution in [3.8, 4) is 23.3 Å². The smallest absolute Gasteiger partial charge is 0.307 e. The van der Waals surface area contributed by atoms with E-state index < -0.39 is 111 Å². The third kappa shape index (κ3) is 18.3. The highest BCUT2D eigenvalue weighted by molar-refractivity contribution is 7.92. The number of ketones is 2. The van der Waals surface area contributed by atoms with E-state index in [1.54, 1.807) is 77.6 Å². The monoisotopic (exact) mass is 1640 g/mol. The minimum Gasteiger partial charge on any atom is -0.489 e. The lowest BCUT2D eigenvalue weighted by atomic mass is 9.79. The summed E-state index contributed by atoms with van der Waals surface area (Å²) in [5.41, 5.74) is -2.12. The van der Waals surface area contributed by atoms with Gasteiger partial charge in [0, 0.05) is 73.7 Å². The molecule has 6 fully saturated rings. The second-order valence-corrected chi connectivity index (χ2v) is 42.0. The molecule has 6 aliphatic heterocycles. The van der Waals surface area contributed by atoms with Crippen LogP contribution in [0, 0.1) is 58.2 Å². The van der Waals surface area contributed by atoms with Crippen molar-refractivity contribution in [1.82, 2.24) is 29.2 Å². The van der Waals surface area contributed by atoms with Crippen molar-refractivity contribution in [1.29, 1.82) is 0 Å². The predicted molar refractivity (Wildman–Crippen MR) is 440 cm³/mol. The van der Waals surface area contributed by atoms with Crippen LogP contribution in [0.4, 0.5) is 11.4 Å². The van der Waals surface area contributed by atoms with Crippen molar-refractivity contribution < 1.29 is 83.6 Å². The molecule has 14 atom stereocenters. The van der Waals surface area contributed by atoms with Gasteiger partial charge < -0.3 is 48.0 Å². The van der Waals surface area contributed by atoms with E-state index >= 15 is 9.59 Å². The maximum absolute atomic E-state index is 15.1. The van der Waals surface area contributed by atoms with Gasteiger partial charge in [0.15, 0.2) is 23.1 Å². The average Bonchev–Trinajstić information content (AvgIpc) is 1.61. The largest absolute Gasteiger partial charge is 0.489 e. The van der Waals surface area contributed by atoms with Gasteiger partial charge in [0.05, 0.1) is 94.6 Å². The first-order chi connectivity index (χ1) is 54.7. The number of nitrogens with zero attached hydrogens (tertiary/aromatic N) is 6. The second kappa shape index (κ2) is 33.1. The molecule has 4 saturated carbocycles. The van der Waals surface area contributed by atoms with Crippen LogP contribution >= 0.6 is 0 Å². The lowest BCUT2D eigenvalue weighted by Gasteiger charge is -2.33. The summed E-state index contributed by atoms with van der Waals surface area (Å²) < 4.78 is 92.8. The number of Topliss-reactive ketones (excluding diaryl/α,β-unsaturated/α-hetero) is 2. The molecule has 4 amide bonds. The summed E-state index contributed by atoms with van der Waals surface area (Å²) in [6, 6.07) is 9.63. The summed E-state index contributed by atoms with van der Waals surface area (Å²) in [6.45, 7) is 25.1. The fraction of sp³-hybridized carbons (Fsp3) is 0.659. The number of hydrogen-bond acceptors (Lipinski definition) is 22. The Labute approximate surface area is 683 Å². The van der Waals surface area contributed by atoms with Gasteiger partial charge in [-0.25, -0.2) is 26.8 Å². The Kier molecular flexibility index (Phi) is 24.4. The highest BCUT2D eigenvalue weighted by Gasteiger charge is 2.65. The van der Waals surface area contributed by atoms with Crippen LogP contribution in [0.15, 0.2) is 73.1 Å². The molecule has 2 saturated heterocycles. The first-order valence-electron chi connectivity index (χ1n) is 42.1. The van der Waals surface area contributed by atoms with E-state index in [9.17, 15) is 45.6 Å². The van der Waals surface area contributed by atoms with Crippen molar-refractivity contribution >= 4 is 100 Å². The standard InChI is InChI=1S/2C44H60N4O9S/c2*1-8-28-21-27(2)11-9-10-12-29-24-44(29,41(52)46-58(53,54)43(6)16-17-43)25-36(49)35-22-30(26-48(35)40(51)33(28)23-37(50)57-42(3,4)5)56-39-32-13-14-34-38(31(32)15-18-45-39)55-20-19-47(34)7/h2*10,12-15,18,27-30,33,35H,8-9,11,16-17,19-26H2,1-7H3,(H,46,52)/b2*12-10-/t27-,28+,29+,30+,33-,35-,44+;27-,28-,29-,30-,33+,35+,44-/m01/s1. The maximum atomic E-state index is 15.1. The van der Waals surface area contributed by atoms with Crippen LogP contribution in [-0.4, -0.2) is 182 Å². The minimum absolute atomic E-state index is 0.0591. The van der Waals surface area contributed by atoms with Crippen molar-refractivity contribution in [2.75, 3.05) is 63.3 Å². The molecule has 0 radical (unpaired) electrons. The maximum Gasteiger partial charge on any atom is 0.307 e. The number of nitrogens with one attached hydrogen (secondary N) is 2. The van der Waals surface area contributed by atoms with Gasteiger partial charge in [0.2, 0.25) is 55.4 Å². The fourth-order valence-electron chi connectivity index (χ4n) is 18.4. The van der Waals surface area contributed by atoms with Gasteiger partial charge in [-0.1, -0.05) is 64.8 Å². The molecule has 2 N–H and O–H groups in total. The highest BCUT2D eigenvalue weighted by atomic mass is 32.2. The third-order valence-electron chi connectivity index (χ3n) is 26.3. The zero-order valence-corrected chi connectivity index (χ0v) is 71.7. The number of pyridine rings is 2. The van der Waals surface area contributed by atoms with Gasteiger partial charge in [-0.15, -0.1) is 0 Å². The van der Waals surface area contributed by atoms with Crippen LogP contribution < -0.4 is 38.2 Å². The van der Waals surface area contributed by atoms with Crippen molar-refractivity contribution in [3.63, 3.8) is 0 Å². The van der Waals surface area contributed by atoms with Gasteiger partial charge in [-0.2, -0.15) is 0 Å². The van der Waals surface area contributed by atoms with Crippen molar-refractivity contribution in [2.45, 2.75) is 256 Å². The van der Waals surface area contributed by atoms with Gasteiger partial charge >= 0.3 is 11.9 Å². The summed E-state index contributed by atoms with van der Waals surface area (Å²) in [6.07, 6.45) is 17.8. The zero-order chi connectivity index (χ0) is 83.6. The van der Waals surface area contributed by atoms with E-state index in [1.807, 2.05) is 88.6 Å². The summed E-state index contributed by atoms with van der Waals surface area (Å²) in [7, 11) is -3.89. The van der Waals surface area contributed by atoms with Gasteiger partial charge in [-0.3, -0.25) is 47.8 Å². The fourth-order valence-corrected chi connectivity index (χ4v) is 21.1. The Morgan fingerprint density at radius 3 is 1.28 bits per heavy atom. The quantitative estimate of drug-likeness (QED) is 0.0777. The highest BCUT2D eigenvalue weighted by Crippen LogP contribution is 2.60. The van der Waals surface area contributed by atoms with Crippen molar-refractivity contribution in [3.05, 3.63) is 73.1 Å². The Morgan fingerprint density at radius 2 is 0.931 bits per heavy atom. The predicted octanol–water partition coefficient (Wildman–Crippen LogP) is 12.3. The molecule has 632 valence electrons. The Balaban J connectivity index is 0.000000202. The molecule has 4 aromatic rings. The number of anilines is 2. The third-order valence-corrected chi connectivity index (χ3v) is 30.6. The molecule has 116 heavy (non-hydrogen) atoms. The molecule has 4 aliphatic carbocycles. The molecule has 0 bridgehead atoms. The van der Waals surface area contributed by atoms with E-state index in [1.165, 1.54) is 0 Å². The number of fused-ring (bicyclic) bond motifs is 10. The first kappa shape index (κ1) is 85.5. The van der Waals surface area contributed by atoms with Gasteiger partial charge in [0.1, 0.15) is 36.6 Å². The summed E-state index contributed by atoms with van der Waals surface area (Å²) in [5, 5.41) is 3.13. The number of allylic oxidation sites excluding steroid dienone is 4. The van der Waals surface area contributed by atoms with E-state index in [0.29, 0.717) is 89.2 Å². The normalized spacial score (nSPS) is 30.5. The Morgan fingerprint density at radius 1 is 0.552 bits per heavy atom. The number of benzene rings is 2. The zero-order valence-electron chi connectivity index (χ0n) is 70.1. The van der Waals surface area contributed by atoms with Crippen LogP contribution in [0.2, 0.25) is 0 Å². The second-order valence-electron chi connectivity index (χ2n) is 37.6. The number of sulfonamides is 2. The Bertz CT molecular complexity index is 4480. The molecule has 26 nitrogen and oxygen atoms in total. The van der Waals surface area contributed by atoms with E-state index in [0.717, 1.165) is 83.2 Å². The SMILES string of the molecule is CC[C@@H]1C[C@@H](C)CC/C=C\[C@@H]2C[C@@]2(C(=O)NS(=O)(=O)C2(C)CC2)CC(=O)[C@@H]2C[C@@H](Oc3nccc4c5c(ccc34)N(C)CCO5)CN2C(=O)[C@H]1CC(=O)OC(C)(C)C.CC[C@@H]1C[C@H](C)CC/C=C\[C@@H]2C[C@@]2(C(=O)NS(=O)(=O)C2(C)CC2)CC(=O)[C@@H]2C[C@@H](Oc3nccc4c5c(ccc34)N(C)CCO5)CN2C(=O)[C@H]1CC(=O)OC(C)(C)C. The summed E-state index contributed by atoms with van der Waals surface area (Å²) in [4.78, 5) is 131. The number of ether oxygens (including phenoxy) is 6. The lowest BCUT2D eigenvalue weighted by molar-refractivity contribution is -0.160. The number of aromatic nitrogens is 2. The number of hydrogen-bond donors (Lipinski definition) is 2. The molecular formula is C88H120N8O18S2. The molecule has 28 heteroatoms. The van der Waals surface area contributed by atoms with Crippen LogP contribution in [0.3, 0.4) is 0 Å². The van der Waals surface area contributed by atoms with Crippen LogP contribution in [-0.2, 0) is 67.9 Å². The molecule has 14 rings (SSSR count). The number of rotatable bonds is 16. The number of likely N-dealkylation sites (N-methyl/N-ethyl adjacent to an activating group) is 2. The van der Waals surface area contributed by atoms with Crippen LogP contribution in [0.25, 0.3) is 21.5 Å². The summed E-state index contributed by atoms with van der Waals surface area (Å²) >= 11 is 0. The van der Waals surface area contributed by atoms with Crippen LogP contribution in [0.1, 0.15) is 212 Å². The number of carbonyl (C=O) groups excluding carboxylic acids is 8. The minimum atomic E-state index is -3.96. The van der Waals surface area contributed by atoms with Gasteiger partial charge in [-0.05, 0) is 204 Å². The number of carbonyl (C=O) groups is 8. The van der Waals surface area contributed by atoms with Crippen LogP contribution in [0.5, 0.6) is 23.3 Å². The molecule has 10 aliphatic rings. The number of esters is 2. The van der Waals surface area contributed by atoms with E-state index in [2.05, 4.69) is 43.1 Å². The molecule has 8 heterocycles. The van der Waals surface area contributed by atoms with E-state index in [-0.39, 0.29) is 111 Å². The molecule has 2 aromatic carbocycles. The first-order valence-corrected chi connectivity index (χ1v) is 45.1. The summed E-state index contributed by atoms with van der Waals surface area (Å²) in [5.74, 6) is -3.55. The van der Waals surface area contributed by atoms with Gasteiger partial charge in [0.25, 0.3) is 0 Å². The lowest BCUT2D eigenvalue weighted by Crippen LogP contribution is -2.48. The molecule has 0 spiro atoms. The topological polar surface area (TPSA) is 323 Å². The molecule has 2 aromatic heterocycles. The van der Waals surface area contributed by atoms with Crippen molar-refractivity contribution in [2.24, 2.45) is 58.2 Å². The number of amides is 4. The van der Waals surface area contributed by atoms with E-state index in [4.69, 9.17) is 28.4 Å². The molecule has 0 unspecified atom stereocenters. The molecular weight excluding hydrogens is 1520 g/mol. The Hall–Kier alpha value is -8.40. The average molecular weight is 1640 g/mol.